The Morgan fingerprint density at radius 3 is 2.75 bits per heavy atom. The summed E-state index contributed by atoms with van der Waals surface area (Å²) < 4.78 is 25.6. The van der Waals surface area contributed by atoms with E-state index in [-0.39, 0.29) is 5.56 Å². The van der Waals surface area contributed by atoms with Crippen molar-refractivity contribution >= 4 is 11.4 Å². The summed E-state index contributed by atoms with van der Waals surface area (Å²) in [6.07, 6.45) is -0.619. The Balaban J connectivity index is 2.31. The van der Waals surface area contributed by atoms with Crippen LogP contribution in [0.1, 0.15) is 24.8 Å². The number of anilines is 2. The third-order valence-electron chi connectivity index (χ3n) is 2.56. The van der Waals surface area contributed by atoms with Crippen molar-refractivity contribution in [1.29, 1.82) is 0 Å². The molecular weight excluding hydrogens is 214 g/mol. The number of nitrogens with zero attached hydrogens (tertiary/aromatic N) is 1. The quantitative estimate of drug-likeness (QED) is 0.791. The van der Waals surface area contributed by atoms with E-state index in [2.05, 4.69) is 0 Å². The number of hydrogen-bond acceptors (Lipinski definition) is 3. The lowest BCUT2D eigenvalue weighted by atomic mass is 10.1. The van der Waals surface area contributed by atoms with Crippen LogP contribution in [0, 0.1) is 0 Å². The van der Waals surface area contributed by atoms with E-state index in [1.807, 2.05) is 0 Å². The Bertz CT molecular complexity index is 365. The minimum Gasteiger partial charge on any atom is -0.399 e. The highest BCUT2D eigenvalue weighted by Gasteiger charge is 2.20. The van der Waals surface area contributed by atoms with Gasteiger partial charge in [0.25, 0.3) is 6.43 Å². The van der Waals surface area contributed by atoms with Gasteiger partial charge in [-0.05, 0) is 31.0 Å². The Kier molecular flexibility index (Phi) is 3.24. The first-order chi connectivity index (χ1) is 7.68. The standard InChI is InChI=1S/C11H14F2N2O/c12-11(13)9-7-8(14)3-4-10(9)15-5-1-2-6-16-15/h3-4,7,11H,1-2,5-6,14H2. The van der Waals surface area contributed by atoms with Crippen LogP contribution in [0.2, 0.25) is 0 Å². The van der Waals surface area contributed by atoms with Gasteiger partial charge in [-0.2, -0.15) is 0 Å². The summed E-state index contributed by atoms with van der Waals surface area (Å²) in [6.45, 7) is 1.22. The predicted molar refractivity (Wildman–Crippen MR) is 58.3 cm³/mol. The first-order valence-electron chi connectivity index (χ1n) is 5.26. The number of hydroxylamine groups is 1. The monoisotopic (exact) mass is 228 g/mol. The van der Waals surface area contributed by atoms with Crippen LogP contribution in [-0.2, 0) is 4.84 Å². The highest BCUT2D eigenvalue weighted by atomic mass is 19.3. The zero-order chi connectivity index (χ0) is 11.5. The van der Waals surface area contributed by atoms with Gasteiger partial charge in [-0.15, -0.1) is 0 Å². The summed E-state index contributed by atoms with van der Waals surface area (Å²) in [5.74, 6) is 0. The molecule has 0 aromatic heterocycles. The molecule has 0 spiro atoms. The van der Waals surface area contributed by atoms with E-state index >= 15 is 0 Å². The second-order valence-corrected chi connectivity index (χ2v) is 3.76. The molecule has 0 saturated carbocycles. The minimum atomic E-state index is -2.54. The lowest BCUT2D eigenvalue weighted by Gasteiger charge is -2.29. The second kappa shape index (κ2) is 4.65. The third kappa shape index (κ3) is 2.24. The summed E-state index contributed by atoms with van der Waals surface area (Å²) in [5.41, 5.74) is 6.20. The first kappa shape index (κ1) is 11.1. The number of benzene rings is 1. The summed E-state index contributed by atoms with van der Waals surface area (Å²) in [5, 5.41) is 1.53. The van der Waals surface area contributed by atoms with Gasteiger partial charge in [0.15, 0.2) is 0 Å². The van der Waals surface area contributed by atoms with E-state index < -0.39 is 6.43 Å². The maximum Gasteiger partial charge on any atom is 0.266 e. The van der Waals surface area contributed by atoms with E-state index in [0.29, 0.717) is 24.5 Å². The lowest BCUT2D eigenvalue weighted by Crippen LogP contribution is -2.30. The minimum absolute atomic E-state index is 0.0677. The molecule has 1 aromatic carbocycles. The Morgan fingerprint density at radius 1 is 1.31 bits per heavy atom. The largest absolute Gasteiger partial charge is 0.399 e. The van der Waals surface area contributed by atoms with E-state index in [4.69, 9.17) is 10.6 Å². The highest BCUT2D eigenvalue weighted by molar-refractivity contribution is 5.59. The summed E-state index contributed by atoms with van der Waals surface area (Å²) in [7, 11) is 0. The van der Waals surface area contributed by atoms with Crippen LogP contribution in [-0.4, -0.2) is 13.2 Å². The molecule has 16 heavy (non-hydrogen) atoms. The fraction of sp³-hybridized carbons (Fsp3) is 0.455. The van der Waals surface area contributed by atoms with Gasteiger partial charge in [0, 0.05) is 17.8 Å². The van der Waals surface area contributed by atoms with Crippen LogP contribution in [0.3, 0.4) is 0 Å². The van der Waals surface area contributed by atoms with Gasteiger partial charge in [0.05, 0.1) is 12.3 Å². The zero-order valence-corrected chi connectivity index (χ0v) is 8.83. The Morgan fingerprint density at radius 2 is 2.12 bits per heavy atom. The van der Waals surface area contributed by atoms with Crippen LogP contribution >= 0.6 is 0 Å². The lowest BCUT2D eigenvalue weighted by molar-refractivity contribution is 0.0747. The van der Waals surface area contributed by atoms with Crippen LogP contribution in [0.15, 0.2) is 18.2 Å². The van der Waals surface area contributed by atoms with Crippen molar-refractivity contribution in [3.63, 3.8) is 0 Å². The van der Waals surface area contributed by atoms with Gasteiger partial charge in [0.1, 0.15) is 0 Å². The van der Waals surface area contributed by atoms with E-state index in [0.717, 1.165) is 12.8 Å². The molecule has 3 nitrogen and oxygen atoms in total. The molecule has 1 saturated heterocycles. The van der Waals surface area contributed by atoms with Gasteiger partial charge in [-0.25, -0.2) is 8.78 Å². The van der Waals surface area contributed by atoms with Crippen molar-refractivity contribution < 1.29 is 13.6 Å². The fourth-order valence-electron chi connectivity index (χ4n) is 1.76. The van der Waals surface area contributed by atoms with Crippen LogP contribution in [0.4, 0.5) is 20.2 Å². The average Bonchev–Trinajstić information content (AvgIpc) is 2.30. The average molecular weight is 228 g/mol. The van der Waals surface area contributed by atoms with Crippen molar-refractivity contribution in [2.45, 2.75) is 19.3 Å². The highest BCUT2D eigenvalue weighted by Crippen LogP contribution is 2.32. The maximum atomic E-state index is 12.8. The molecule has 1 aliphatic heterocycles. The van der Waals surface area contributed by atoms with Gasteiger partial charge < -0.3 is 5.73 Å². The SMILES string of the molecule is Nc1ccc(N2CCCCO2)c(C(F)F)c1. The van der Waals surface area contributed by atoms with Gasteiger partial charge >= 0.3 is 0 Å². The molecule has 0 unspecified atom stereocenters. The van der Waals surface area contributed by atoms with Gasteiger partial charge in [0.2, 0.25) is 0 Å². The van der Waals surface area contributed by atoms with Gasteiger partial charge in [-0.1, -0.05) is 0 Å². The number of nitrogen functional groups attached to an aromatic ring is 1. The Labute approximate surface area is 92.7 Å². The molecule has 88 valence electrons. The summed E-state index contributed by atoms with van der Waals surface area (Å²) in [4.78, 5) is 5.35. The number of nitrogens with two attached hydrogens (primary N) is 1. The van der Waals surface area contributed by atoms with Crippen molar-refractivity contribution in [3.8, 4) is 0 Å². The molecule has 0 aliphatic carbocycles. The first-order valence-corrected chi connectivity index (χ1v) is 5.26. The summed E-state index contributed by atoms with van der Waals surface area (Å²) in [6, 6.07) is 4.50. The van der Waals surface area contributed by atoms with Crippen molar-refractivity contribution in [2.24, 2.45) is 0 Å². The van der Waals surface area contributed by atoms with Crippen molar-refractivity contribution in [3.05, 3.63) is 23.8 Å². The zero-order valence-electron chi connectivity index (χ0n) is 8.83. The molecule has 1 heterocycles. The third-order valence-corrected chi connectivity index (χ3v) is 2.56. The fourth-order valence-corrected chi connectivity index (χ4v) is 1.76. The topological polar surface area (TPSA) is 38.5 Å². The van der Waals surface area contributed by atoms with E-state index in [1.54, 1.807) is 12.1 Å². The number of alkyl halides is 2. The van der Waals surface area contributed by atoms with Crippen molar-refractivity contribution in [2.75, 3.05) is 23.9 Å². The van der Waals surface area contributed by atoms with E-state index in [9.17, 15) is 8.78 Å². The predicted octanol–water partition coefficient (Wildman–Crippen LogP) is 2.74. The van der Waals surface area contributed by atoms with Crippen LogP contribution in [0.5, 0.6) is 0 Å². The van der Waals surface area contributed by atoms with Crippen LogP contribution in [0.25, 0.3) is 0 Å². The molecular formula is C11H14F2N2O. The molecule has 0 amide bonds. The molecule has 0 radical (unpaired) electrons. The Hall–Kier alpha value is -1.36. The molecule has 0 bridgehead atoms. The number of hydrogen-bond donors (Lipinski definition) is 1. The molecule has 5 heteroatoms. The molecule has 0 atom stereocenters. The molecule has 1 aromatic rings. The molecule has 1 fully saturated rings. The van der Waals surface area contributed by atoms with E-state index in [1.165, 1.54) is 11.1 Å². The van der Waals surface area contributed by atoms with Crippen molar-refractivity contribution in [1.82, 2.24) is 0 Å². The second-order valence-electron chi connectivity index (χ2n) is 3.76. The normalized spacial score (nSPS) is 16.8. The van der Waals surface area contributed by atoms with Crippen LogP contribution < -0.4 is 10.8 Å². The number of rotatable bonds is 2. The molecule has 2 rings (SSSR count). The maximum absolute atomic E-state index is 12.8. The summed E-state index contributed by atoms with van der Waals surface area (Å²) >= 11 is 0. The smallest absolute Gasteiger partial charge is 0.266 e. The number of halogens is 2. The molecule has 1 aliphatic rings. The molecule has 2 N–H and O–H groups in total. The van der Waals surface area contributed by atoms with Gasteiger partial charge in [-0.3, -0.25) is 9.90 Å².